The maximum absolute atomic E-state index is 13.9. The highest BCUT2D eigenvalue weighted by Crippen LogP contribution is 2.27. The van der Waals surface area contributed by atoms with Gasteiger partial charge in [0.15, 0.2) is 0 Å². The number of anilines is 1. The second-order valence-corrected chi connectivity index (χ2v) is 11.9. The van der Waals surface area contributed by atoms with Crippen LogP contribution in [0.2, 0.25) is 0 Å². The average molecular weight is 632 g/mol. The predicted octanol–water partition coefficient (Wildman–Crippen LogP) is 4.89. The quantitative estimate of drug-likeness (QED) is 0.163. The predicted molar refractivity (Wildman–Crippen MR) is 156 cm³/mol. The molecule has 1 atom stereocenters. The van der Waals surface area contributed by atoms with Crippen LogP contribution in [0.4, 0.5) is 11.4 Å². The molecule has 3 aromatic carbocycles. The number of sulfonamides is 1. The van der Waals surface area contributed by atoms with Crippen molar-refractivity contribution in [2.45, 2.75) is 44.2 Å². The third kappa shape index (κ3) is 7.89. The van der Waals surface area contributed by atoms with Gasteiger partial charge in [0, 0.05) is 29.7 Å². The zero-order chi connectivity index (χ0) is 29.3. The third-order valence-corrected chi connectivity index (χ3v) is 8.46. The van der Waals surface area contributed by atoms with Gasteiger partial charge >= 0.3 is 0 Å². The maximum atomic E-state index is 13.9. The minimum atomic E-state index is -4.31. The molecule has 10 nitrogen and oxygen atoms in total. The SMILES string of the molecule is CCCCNC(=O)[C@@H](C)N(Cc1cccc(Br)c1)C(=O)CN(c1cccc([N+](=O)[O-])c1)S(=O)(=O)c1ccccc1. The lowest BCUT2D eigenvalue weighted by atomic mass is 10.1. The summed E-state index contributed by atoms with van der Waals surface area (Å²) < 4.78 is 29.1. The lowest BCUT2D eigenvalue weighted by molar-refractivity contribution is -0.384. The van der Waals surface area contributed by atoms with E-state index in [0.717, 1.165) is 33.2 Å². The molecule has 2 amide bonds. The van der Waals surface area contributed by atoms with Crippen molar-refractivity contribution in [3.63, 3.8) is 0 Å². The molecular formula is C28H31BrN4O6S. The van der Waals surface area contributed by atoms with E-state index in [9.17, 15) is 28.1 Å². The van der Waals surface area contributed by atoms with E-state index in [1.807, 2.05) is 13.0 Å². The standard InChI is InChI=1S/C28H31BrN4O6S/c1-3-4-16-30-28(35)21(2)31(19-22-10-8-11-23(29)17-22)27(34)20-32(24-12-9-13-25(18-24)33(36)37)40(38,39)26-14-6-5-7-15-26/h5-15,17-18,21H,3-4,16,19-20H2,1-2H3,(H,30,35)/t21-/m1/s1. The number of amides is 2. The number of carbonyl (C=O) groups excluding carboxylic acids is 2. The molecule has 0 saturated heterocycles. The van der Waals surface area contributed by atoms with E-state index in [1.165, 1.54) is 35.2 Å². The van der Waals surface area contributed by atoms with E-state index in [4.69, 9.17) is 0 Å². The Morgan fingerprint density at radius 3 is 2.38 bits per heavy atom. The Balaban J connectivity index is 2.03. The molecule has 3 rings (SSSR count). The van der Waals surface area contributed by atoms with Gasteiger partial charge in [0.05, 0.1) is 15.5 Å². The van der Waals surface area contributed by atoms with E-state index < -0.39 is 33.4 Å². The molecule has 0 saturated carbocycles. The molecular weight excluding hydrogens is 600 g/mol. The Kier molecular flexibility index (Phi) is 10.8. The fraction of sp³-hybridized carbons (Fsp3) is 0.286. The molecule has 1 N–H and O–H groups in total. The van der Waals surface area contributed by atoms with E-state index >= 15 is 0 Å². The third-order valence-electron chi connectivity index (χ3n) is 6.18. The maximum Gasteiger partial charge on any atom is 0.271 e. The fourth-order valence-electron chi connectivity index (χ4n) is 3.96. The van der Waals surface area contributed by atoms with Crippen LogP contribution < -0.4 is 9.62 Å². The average Bonchev–Trinajstić information content (AvgIpc) is 2.94. The highest BCUT2D eigenvalue weighted by atomic mass is 79.9. The first-order valence-electron chi connectivity index (χ1n) is 12.7. The van der Waals surface area contributed by atoms with Crippen LogP contribution in [0.15, 0.2) is 88.2 Å². The Morgan fingerprint density at radius 2 is 1.73 bits per heavy atom. The largest absolute Gasteiger partial charge is 0.354 e. The minimum absolute atomic E-state index is 0.0365. The van der Waals surface area contributed by atoms with Crippen molar-refractivity contribution in [2.24, 2.45) is 0 Å². The Morgan fingerprint density at radius 1 is 1.02 bits per heavy atom. The lowest BCUT2D eigenvalue weighted by Crippen LogP contribution is -2.51. The molecule has 0 heterocycles. The van der Waals surface area contributed by atoms with E-state index in [-0.39, 0.29) is 28.7 Å². The lowest BCUT2D eigenvalue weighted by Gasteiger charge is -2.32. The molecule has 0 aromatic heterocycles. The Hall–Kier alpha value is -3.77. The highest BCUT2D eigenvalue weighted by molar-refractivity contribution is 9.10. The number of nitrogens with zero attached hydrogens (tertiary/aromatic N) is 3. The molecule has 0 bridgehead atoms. The summed E-state index contributed by atoms with van der Waals surface area (Å²) >= 11 is 3.41. The van der Waals surface area contributed by atoms with Gasteiger partial charge in [-0.05, 0) is 49.2 Å². The fourth-order valence-corrected chi connectivity index (χ4v) is 5.83. The zero-order valence-electron chi connectivity index (χ0n) is 22.2. The van der Waals surface area contributed by atoms with E-state index in [2.05, 4.69) is 21.2 Å². The number of rotatable bonds is 13. The van der Waals surface area contributed by atoms with Crippen LogP contribution >= 0.6 is 15.9 Å². The normalized spacial score (nSPS) is 11.9. The summed E-state index contributed by atoms with van der Waals surface area (Å²) in [4.78, 5) is 38.9. The van der Waals surface area contributed by atoms with Crippen LogP contribution in [-0.4, -0.2) is 49.2 Å². The van der Waals surface area contributed by atoms with Gasteiger partial charge in [0.1, 0.15) is 12.6 Å². The summed E-state index contributed by atoms with van der Waals surface area (Å²) in [5, 5.41) is 14.3. The van der Waals surface area contributed by atoms with Gasteiger partial charge in [-0.25, -0.2) is 8.42 Å². The number of halogens is 1. The molecule has 0 unspecified atom stereocenters. The van der Waals surface area contributed by atoms with E-state index in [0.29, 0.717) is 6.54 Å². The summed E-state index contributed by atoms with van der Waals surface area (Å²) in [6.07, 6.45) is 1.65. The van der Waals surface area contributed by atoms with Gasteiger partial charge < -0.3 is 10.2 Å². The summed E-state index contributed by atoms with van der Waals surface area (Å²) in [5.74, 6) is -1.02. The summed E-state index contributed by atoms with van der Waals surface area (Å²) in [7, 11) is -4.31. The summed E-state index contributed by atoms with van der Waals surface area (Å²) in [5.41, 5.74) is 0.352. The highest BCUT2D eigenvalue weighted by Gasteiger charge is 2.33. The first-order valence-corrected chi connectivity index (χ1v) is 14.9. The first kappa shape index (κ1) is 30.8. The van der Waals surface area contributed by atoms with Crippen LogP contribution in [0.1, 0.15) is 32.3 Å². The molecule has 0 fully saturated rings. The number of non-ortho nitro benzene ring substituents is 1. The molecule has 40 heavy (non-hydrogen) atoms. The van der Waals surface area contributed by atoms with Gasteiger partial charge in [-0.15, -0.1) is 0 Å². The molecule has 3 aromatic rings. The van der Waals surface area contributed by atoms with Crippen LogP contribution in [0, 0.1) is 10.1 Å². The molecule has 0 radical (unpaired) electrons. The summed E-state index contributed by atoms with van der Waals surface area (Å²) in [6, 6.07) is 18.9. The monoisotopic (exact) mass is 630 g/mol. The topological polar surface area (TPSA) is 130 Å². The number of nitro benzene ring substituents is 1. The van der Waals surface area contributed by atoms with Gasteiger partial charge in [-0.1, -0.05) is 65.7 Å². The number of hydrogen-bond acceptors (Lipinski definition) is 6. The van der Waals surface area contributed by atoms with Crippen molar-refractivity contribution < 1.29 is 22.9 Å². The van der Waals surface area contributed by atoms with E-state index in [1.54, 1.807) is 43.3 Å². The second kappa shape index (κ2) is 14.0. The molecule has 212 valence electrons. The number of hydrogen-bond donors (Lipinski definition) is 1. The Labute approximate surface area is 242 Å². The number of nitro groups is 1. The number of nitrogens with one attached hydrogen (secondary N) is 1. The van der Waals surface area contributed by atoms with Crippen molar-refractivity contribution >= 4 is 49.1 Å². The van der Waals surface area contributed by atoms with Crippen molar-refractivity contribution in [2.75, 3.05) is 17.4 Å². The van der Waals surface area contributed by atoms with Crippen LogP contribution in [0.25, 0.3) is 0 Å². The molecule has 0 aliphatic carbocycles. The number of carbonyl (C=O) groups is 2. The minimum Gasteiger partial charge on any atom is -0.354 e. The number of unbranched alkanes of at least 4 members (excludes halogenated alkanes) is 1. The molecule has 0 aliphatic rings. The first-order chi connectivity index (χ1) is 19.0. The van der Waals surface area contributed by atoms with Gasteiger partial charge in [-0.2, -0.15) is 0 Å². The molecule has 12 heteroatoms. The summed E-state index contributed by atoms with van der Waals surface area (Å²) in [6.45, 7) is 3.38. The van der Waals surface area contributed by atoms with Crippen molar-refractivity contribution in [1.29, 1.82) is 0 Å². The Bertz CT molecular complexity index is 1450. The van der Waals surface area contributed by atoms with Crippen LogP contribution in [0.3, 0.4) is 0 Å². The van der Waals surface area contributed by atoms with Crippen LogP contribution in [0.5, 0.6) is 0 Å². The molecule has 0 spiro atoms. The zero-order valence-corrected chi connectivity index (χ0v) is 24.6. The van der Waals surface area contributed by atoms with Crippen LogP contribution in [-0.2, 0) is 26.2 Å². The molecule has 0 aliphatic heterocycles. The van der Waals surface area contributed by atoms with Crippen molar-refractivity contribution in [3.05, 3.63) is 99.0 Å². The number of benzene rings is 3. The second-order valence-electron chi connectivity index (χ2n) is 9.07. The van der Waals surface area contributed by atoms with Crippen molar-refractivity contribution in [1.82, 2.24) is 10.2 Å². The smallest absolute Gasteiger partial charge is 0.271 e. The van der Waals surface area contributed by atoms with Gasteiger partial charge in [0.2, 0.25) is 11.8 Å². The van der Waals surface area contributed by atoms with Crippen molar-refractivity contribution in [3.8, 4) is 0 Å². The van der Waals surface area contributed by atoms with Gasteiger partial charge in [-0.3, -0.25) is 24.0 Å². The van der Waals surface area contributed by atoms with Gasteiger partial charge in [0.25, 0.3) is 15.7 Å².